The molecule has 8 nitrogen and oxygen atoms in total. The van der Waals surface area contributed by atoms with Gasteiger partial charge in [0.25, 0.3) is 5.91 Å². The molecule has 0 fully saturated rings. The van der Waals surface area contributed by atoms with Gasteiger partial charge in [0.2, 0.25) is 5.78 Å². The molecule has 1 atom stereocenters. The van der Waals surface area contributed by atoms with Crippen molar-refractivity contribution in [2.45, 2.75) is 6.04 Å². The van der Waals surface area contributed by atoms with Gasteiger partial charge in [0, 0.05) is 0 Å². The molecule has 4 aromatic rings. The van der Waals surface area contributed by atoms with Gasteiger partial charge in [-0.25, -0.2) is 4.98 Å². The monoisotopic (exact) mass is 572 g/mol. The minimum atomic E-state index is -1.01. The Morgan fingerprint density at radius 3 is 2.63 bits per heavy atom. The summed E-state index contributed by atoms with van der Waals surface area (Å²) in [6.45, 7) is 0. The summed E-state index contributed by atoms with van der Waals surface area (Å²) in [4.78, 5) is 33.1. The Labute approximate surface area is 215 Å². The molecular formula is C24H17BrN2O6S2. The van der Waals surface area contributed by atoms with E-state index in [1.54, 1.807) is 48.9 Å². The number of ether oxygens (including phenoxy) is 2. The molecule has 1 aliphatic rings. The second kappa shape index (κ2) is 8.99. The van der Waals surface area contributed by atoms with Gasteiger partial charge in [-0.2, -0.15) is 0 Å². The highest BCUT2D eigenvalue weighted by Crippen LogP contribution is 2.47. The van der Waals surface area contributed by atoms with E-state index >= 15 is 0 Å². The van der Waals surface area contributed by atoms with E-state index in [1.807, 2.05) is 0 Å². The van der Waals surface area contributed by atoms with E-state index in [1.165, 1.54) is 40.7 Å². The van der Waals surface area contributed by atoms with E-state index in [0.29, 0.717) is 31.3 Å². The van der Waals surface area contributed by atoms with Crippen LogP contribution in [0.5, 0.6) is 17.2 Å². The van der Waals surface area contributed by atoms with Gasteiger partial charge in [-0.15, -0.1) is 11.3 Å². The van der Waals surface area contributed by atoms with Gasteiger partial charge >= 0.3 is 0 Å². The number of aromatic nitrogens is 1. The Balaban J connectivity index is 1.71. The summed E-state index contributed by atoms with van der Waals surface area (Å²) in [5.74, 6) is -1.20. The summed E-state index contributed by atoms with van der Waals surface area (Å²) in [7, 11) is 2.96. The number of nitrogens with zero attached hydrogens (tertiary/aromatic N) is 2. The maximum atomic E-state index is 13.5. The predicted molar refractivity (Wildman–Crippen MR) is 137 cm³/mol. The Hall–Kier alpha value is -3.41. The molecule has 0 saturated heterocycles. The van der Waals surface area contributed by atoms with Crippen LogP contribution >= 0.6 is 38.6 Å². The molecule has 178 valence electrons. The number of aromatic hydroxyl groups is 1. The molecular weight excluding hydrogens is 556 g/mol. The van der Waals surface area contributed by atoms with Crippen LogP contribution < -0.4 is 14.4 Å². The van der Waals surface area contributed by atoms with Gasteiger partial charge in [0.05, 0.1) is 45.4 Å². The standard InChI is InChI=1S/C24H17BrN2O6S2/c1-32-12-5-6-14-17(10-12)35-24(26-14)27-19(11-8-13(25)20(28)15(9-11)33-2)18(22(30)23(27)31)21(29)16-4-3-7-34-16/h3-10,19,28,30H,1-2H3. The lowest BCUT2D eigenvalue weighted by atomic mass is 9.95. The number of hydrogen-bond donors (Lipinski definition) is 2. The van der Waals surface area contributed by atoms with Gasteiger partial charge in [-0.1, -0.05) is 17.4 Å². The molecule has 2 N–H and O–H groups in total. The first-order valence-electron chi connectivity index (χ1n) is 10.2. The maximum Gasteiger partial charge on any atom is 0.296 e. The molecule has 35 heavy (non-hydrogen) atoms. The van der Waals surface area contributed by atoms with E-state index < -0.39 is 23.5 Å². The molecule has 3 heterocycles. The van der Waals surface area contributed by atoms with Gasteiger partial charge in [0.15, 0.2) is 22.4 Å². The first-order valence-corrected chi connectivity index (χ1v) is 12.7. The number of anilines is 1. The van der Waals surface area contributed by atoms with Crippen molar-refractivity contribution in [1.29, 1.82) is 0 Å². The molecule has 0 spiro atoms. The molecule has 2 aromatic carbocycles. The highest BCUT2D eigenvalue weighted by atomic mass is 79.9. The quantitative estimate of drug-likeness (QED) is 0.288. The Morgan fingerprint density at radius 2 is 1.94 bits per heavy atom. The van der Waals surface area contributed by atoms with E-state index in [2.05, 4.69) is 20.9 Å². The molecule has 1 unspecified atom stereocenters. The fourth-order valence-corrected chi connectivity index (χ4v) is 6.08. The van der Waals surface area contributed by atoms with Crippen molar-refractivity contribution < 1.29 is 29.3 Å². The molecule has 0 radical (unpaired) electrons. The average Bonchev–Trinajstić information content (AvgIpc) is 3.59. The third-order valence-corrected chi connectivity index (χ3v) is 8.07. The van der Waals surface area contributed by atoms with Gasteiger partial charge < -0.3 is 19.7 Å². The van der Waals surface area contributed by atoms with Crippen molar-refractivity contribution in [1.82, 2.24) is 4.98 Å². The number of aliphatic hydroxyl groups excluding tert-OH is 1. The van der Waals surface area contributed by atoms with Crippen molar-refractivity contribution in [2.24, 2.45) is 0 Å². The average molecular weight is 573 g/mol. The zero-order valence-electron chi connectivity index (χ0n) is 18.3. The van der Waals surface area contributed by atoms with Crippen LogP contribution in [0.4, 0.5) is 5.13 Å². The van der Waals surface area contributed by atoms with E-state index in [9.17, 15) is 19.8 Å². The largest absolute Gasteiger partial charge is 0.503 e. The van der Waals surface area contributed by atoms with Gasteiger partial charge in [-0.3, -0.25) is 14.5 Å². The SMILES string of the molecule is COc1ccc2nc(N3C(=O)C(O)=C(C(=O)c4cccs4)C3c3cc(Br)c(O)c(OC)c3)sc2c1. The number of halogens is 1. The Morgan fingerprint density at radius 1 is 1.14 bits per heavy atom. The Bertz CT molecular complexity index is 1510. The maximum absolute atomic E-state index is 13.5. The molecule has 0 aliphatic carbocycles. The van der Waals surface area contributed by atoms with E-state index in [-0.39, 0.29) is 17.1 Å². The third kappa shape index (κ3) is 3.85. The van der Waals surface area contributed by atoms with Crippen LogP contribution in [0, 0.1) is 0 Å². The summed E-state index contributed by atoms with van der Waals surface area (Å²) in [5, 5.41) is 23.3. The number of thiazole rings is 1. The molecule has 2 aromatic heterocycles. The van der Waals surface area contributed by atoms with Crippen LogP contribution in [0.15, 0.2) is 63.6 Å². The zero-order valence-corrected chi connectivity index (χ0v) is 21.5. The van der Waals surface area contributed by atoms with E-state index in [0.717, 1.165) is 4.70 Å². The van der Waals surface area contributed by atoms with Crippen LogP contribution in [-0.4, -0.2) is 41.1 Å². The van der Waals surface area contributed by atoms with Crippen molar-refractivity contribution in [3.05, 3.63) is 74.1 Å². The van der Waals surface area contributed by atoms with Crippen molar-refractivity contribution >= 4 is 65.6 Å². The van der Waals surface area contributed by atoms with Crippen LogP contribution in [0.3, 0.4) is 0 Å². The van der Waals surface area contributed by atoms with E-state index in [4.69, 9.17) is 9.47 Å². The number of aliphatic hydroxyl groups is 1. The number of hydrogen-bond acceptors (Lipinski definition) is 9. The number of carbonyl (C=O) groups excluding carboxylic acids is 2. The lowest BCUT2D eigenvalue weighted by molar-refractivity contribution is -0.117. The van der Waals surface area contributed by atoms with Crippen LogP contribution in [0.1, 0.15) is 21.3 Å². The number of carbonyl (C=O) groups is 2. The number of rotatable bonds is 6. The van der Waals surface area contributed by atoms with Crippen molar-refractivity contribution in [3.63, 3.8) is 0 Å². The number of methoxy groups -OCH3 is 2. The zero-order chi connectivity index (χ0) is 24.9. The predicted octanol–water partition coefficient (Wildman–Crippen LogP) is 5.63. The number of phenols is 1. The summed E-state index contributed by atoms with van der Waals surface area (Å²) >= 11 is 5.75. The summed E-state index contributed by atoms with van der Waals surface area (Å²) in [6.07, 6.45) is 0. The number of benzene rings is 2. The minimum absolute atomic E-state index is 0.0751. The Kier molecular flexibility index (Phi) is 5.99. The fourth-order valence-electron chi connectivity index (χ4n) is 3.92. The number of fused-ring (bicyclic) bond motifs is 1. The highest BCUT2D eigenvalue weighted by molar-refractivity contribution is 9.10. The second-order valence-electron chi connectivity index (χ2n) is 7.53. The summed E-state index contributed by atoms with van der Waals surface area (Å²) < 4.78 is 11.7. The summed E-state index contributed by atoms with van der Waals surface area (Å²) in [6, 6.07) is 10.8. The molecule has 0 bridgehead atoms. The van der Waals surface area contributed by atoms with Crippen molar-refractivity contribution in [3.8, 4) is 17.2 Å². The number of Topliss-reactive ketones (excluding diaryl/α,β-unsaturated/α-hetero) is 1. The van der Waals surface area contributed by atoms with Crippen LogP contribution in [0.25, 0.3) is 10.2 Å². The molecule has 11 heteroatoms. The second-order valence-corrected chi connectivity index (χ2v) is 10.3. The van der Waals surface area contributed by atoms with Crippen molar-refractivity contribution in [2.75, 3.05) is 19.1 Å². The normalized spacial score (nSPS) is 15.8. The molecule has 1 aliphatic heterocycles. The topological polar surface area (TPSA) is 109 Å². The van der Waals surface area contributed by atoms with Gasteiger partial charge in [0.1, 0.15) is 5.75 Å². The highest BCUT2D eigenvalue weighted by Gasteiger charge is 2.46. The minimum Gasteiger partial charge on any atom is -0.503 e. The first kappa shape index (κ1) is 23.3. The number of amides is 1. The number of thiophene rings is 1. The summed E-state index contributed by atoms with van der Waals surface area (Å²) in [5.41, 5.74) is 1.01. The van der Waals surface area contributed by atoms with Crippen LogP contribution in [-0.2, 0) is 4.79 Å². The lowest BCUT2D eigenvalue weighted by Gasteiger charge is -2.25. The molecule has 0 saturated carbocycles. The van der Waals surface area contributed by atoms with Gasteiger partial charge in [-0.05, 0) is 63.3 Å². The first-order chi connectivity index (χ1) is 16.8. The third-order valence-electron chi connectivity index (χ3n) is 5.57. The molecule has 5 rings (SSSR count). The number of ketones is 1. The van der Waals surface area contributed by atoms with Crippen LogP contribution in [0.2, 0.25) is 0 Å². The fraction of sp³-hybridized carbons (Fsp3) is 0.125. The molecule has 1 amide bonds. The smallest absolute Gasteiger partial charge is 0.296 e. The number of phenolic OH excluding ortho intramolecular Hbond substituents is 1. The lowest BCUT2D eigenvalue weighted by Crippen LogP contribution is -2.31.